The summed E-state index contributed by atoms with van der Waals surface area (Å²) >= 11 is 0. The van der Waals surface area contributed by atoms with Crippen LogP contribution in [-0.2, 0) is 15.7 Å². The summed E-state index contributed by atoms with van der Waals surface area (Å²) in [5, 5.41) is 3.34. The molecular weight excluding hydrogens is 403 g/mol. The van der Waals surface area contributed by atoms with Crippen molar-refractivity contribution >= 4 is 19.2 Å². The predicted molar refractivity (Wildman–Crippen MR) is 116 cm³/mol. The van der Waals surface area contributed by atoms with Gasteiger partial charge in [0.2, 0.25) is 0 Å². The van der Waals surface area contributed by atoms with Crippen molar-refractivity contribution in [2.75, 3.05) is 12.4 Å². The van der Waals surface area contributed by atoms with Crippen LogP contribution in [0.5, 0.6) is 11.5 Å². The number of phosphoric ester groups is 1. The normalized spacial score (nSPS) is 13.0. The van der Waals surface area contributed by atoms with Crippen molar-refractivity contribution in [2.24, 2.45) is 0 Å². The molecule has 0 aliphatic rings. The topological polar surface area (TPSA) is 89.9 Å². The number of nitrogens with zero attached hydrogens (tertiary/aromatic N) is 1. The van der Waals surface area contributed by atoms with Gasteiger partial charge in [-0.05, 0) is 53.9 Å². The van der Waals surface area contributed by atoms with Crippen LogP contribution in [-0.4, -0.2) is 17.0 Å². The molecule has 0 bridgehead atoms. The first-order valence-electron chi connectivity index (χ1n) is 9.48. The van der Waals surface area contributed by atoms with Gasteiger partial charge in [-0.1, -0.05) is 26.0 Å². The highest BCUT2D eigenvalue weighted by atomic mass is 31.2. The van der Waals surface area contributed by atoms with Crippen LogP contribution in [0.25, 0.3) is 0 Å². The molecule has 3 aromatic rings. The number of benzene rings is 2. The maximum atomic E-state index is 11.6. The second-order valence-electron chi connectivity index (χ2n) is 6.91. The van der Waals surface area contributed by atoms with E-state index in [0.29, 0.717) is 12.3 Å². The van der Waals surface area contributed by atoms with Crippen LogP contribution in [0.4, 0.5) is 11.4 Å². The molecule has 0 saturated heterocycles. The number of pyridine rings is 1. The van der Waals surface area contributed by atoms with E-state index in [9.17, 15) is 9.46 Å². The van der Waals surface area contributed by atoms with Gasteiger partial charge in [-0.25, -0.2) is 4.57 Å². The van der Waals surface area contributed by atoms with Crippen LogP contribution in [0.3, 0.4) is 0 Å². The third-order valence-corrected chi connectivity index (χ3v) is 5.23. The SMILES string of the molecule is COP(=O)(O)Oc1cccc(Nc2ccc(OCc3ccccn3)cc2C(C)C)c1. The van der Waals surface area contributed by atoms with Crippen LogP contribution in [0, 0.1) is 0 Å². The molecule has 7 nitrogen and oxygen atoms in total. The number of nitrogens with one attached hydrogen (secondary N) is 1. The van der Waals surface area contributed by atoms with E-state index in [1.54, 1.807) is 24.4 Å². The number of rotatable bonds is 9. The van der Waals surface area contributed by atoms with Crippen LogP contribution in [0.2, 0.25) is 0 Å². The molecule has 8 heteroatoms. The maximum Gasteiger partial charge on any atom is 0.527 e. The predicted octanol–water partition coefficient (Wildman–Crippen LogP) is 5.65. The molecule has 0 saturated carbocycles. The fourth-order valence-electron chi connectivity index (χ4n) is 2.82. The third kappa shape index (κ3) is 6.07. The second-order valence-corrected chi connectivity index (χ2v) is 8.39. The number of ether oxygens (including phenoxy) is 1. The zero-order valence-corrected chi connectivity index (χ0v) is 18.0. The average Bonchev–Trinajstić information content (AvgIpc) is 2.73. The summed E-state index contributed by atoms with van der Waals surface area (Å²) in [6.45, 7) is 4.59. The van der Waals surface area contributed by atoms with E-state index >= 15 is 0 Å². The van der Waals surface area contributed by atoms with Gasteiger partial charge in [0.05, 0.1) is 5.69 Å². The summed E-state index contributed by atoms with van der Waals surface area (Å²) in [5.74, 6) is 1.24. The van der Waals surface area contributed by atoms with Crippen molar-refractivity contribution in [3.05, 3.63) is 78.1 Å². The van der Waals surface area contributed by atoms with E-state index in [4.69, 9.17) is 9.26 Å². The molecule has 0 aliphatic carbocycles. The molecule has 158 valence electrons. The number of hydrogen-bond donors (Lipinski definition) is 2. The third-order valence-electron chi connectivity index (χ3n) is 4.32. The van der Waals surface area contributed by atoms with E-state index in [1.807, 2.05) is 42.5 Å². The minimum atomic E-state index is -4.11. The molecule has 30 heavy (non-hydrogen) atoms. The maximum absolute atomic E-state index is 11.6. The Morgan fingerprint density at radius 1 is 1.07 bits per heavy atom. The van der Waals surface area contributed by atoms with Crippen molar-refractivity contribution in [3.63, 3.8) is 0 Å². The van der Waals surface area contributed by atoms with Crippen LogP contribution < -0.4 is 14.6 Å². The lowest BCUT2D eigenvalue weighted by Gasteiger charge is -2.17. The monoisotopic (exact) mass is 428 g/mol. The van der Waals surface area contributed by atoms with Gasteiger partial charge < -0.3 is 14.6 Å². The summed E-state index contributed by atoms with van der Waals surface area (Å²) in [4.78, 5) is 13.8. The first kappa shape index (κ1) is 21.8. The summed E-state index contributed by atoms with van der Waals surface area (Å²) in [7, 11) is -2.99. The van der Waals surface area contributed by atoms with Crippen molar-refractivity contribution < 1.29 is 23.2 Å². The van der Waals surface area contributed by atoms with Crippen LogP contribution in [0.15, 0.2) is 66.9 Å². The van der Waals surface area contributed by atoms with Crippen molar-refractivity contribution in [3.8, 4) is 11.5 Å². The van der Waals surface area contributed by atoms with Gasteiger partial charge in [0.1, 0.15) is 18.1 Å². The summed E-state index contributed by atoms with van der Waals surface area (Å²) in [5.41, 5.74) is 3.56. The van der Waals surface area contributed by atoms with Crippen LogP contribution in [0.1, 0.15) is 31.0 Å². The van der Waals surface area contributed by atoms with Gasteiger partial charge in [-0.3, -0.25) is 14.4 Å². The largest absolute Gasteiger partial charge is 0.527 e. The van der Waals surface area contributed by atoms with Gasteiger partial charge in [0.15, 0.2) is 0 Å². The van der Waals surface area contributed by atoms with Gasteiger partial charge in [-0.15, -0.1) is 0 Å². The van der Waals surface area contributed by atoms with E-state index < -0.39 is 7.82 Å². The highest BCUT2D eigenvalue weighted by molar-refractivity contribution is 7.47. The highest BCUT2D eigenvalue weighted by Crippen LogP contribution is 2.43. The number of phosphoric acid groups is 1. The molecule has 1 atom stereocenters. The molecule has 0 aliphatic heterocycles. The number of hydrogen-bond acceptors (Lipinski definition) is 6. The molecule has 0 fully saturated rings. The molecule has 1 aromatic heterocycles. The van der Waals surface area contributed by atoms with Gasteiger partial charge in [0.25, 0.3) is 0 Å². The summed E-state index contributed by atoms with van der Waals surface area (Å²) < 4.78 is 27.0. The fourth-order valence-corrected chi connectivity index (χ4v) is 3.27. The molecule has 1 unspecified atom stereocenters. The fraction of sp³-hybridized carbons (Fsp3) is 0.227. The number of anilines is 2. The Hall–Kier alpha value is -2.86. The molecule has 0 radical (unpaired) electrons. The number of aromatic nitrogens is 1. The van der Waals surface area contributed by atoms with E-state index in [-0.39, 0.29) is 11.7 Å². The van der Waals surface area contributed by atoms with Crippen LogP contribution >= 0.6 is 7.82 Å². The van der Waals surface area contributed by atoms with Crippen molar-refractivity contribution in [1.82, 2.24) is 4.98 Å². The Balaban J connectivity index is 1.76. The van der Waals surface area contributed by atoms with E-state index in [1.165, 1.54) is 0 Å². The molecule has 0 amide bonds. The molecular formula is C22H25N2O5P. The Kier molecular flexibility index (Phi) is 7.11. The first-order valence-corrected chi connectivity index (χ1v) is 11.0. The summed E-state index contributed by atoms with van der Waals surface area (Å²) in [6.07, 6.45) is 1.74. The molecule has 2 N–H and O–H groups in total. The quantitative estimate of drug-likeness (QED) is 0.426. The lowest BCUT2D eigenvalue weighted by Crippen LogP contribution is -2.01. The standard InChI is InChI=1S/C22H25N2O5P/c1-16(2)21-14-19(28-15-18-7-4-5-12-23-18)10-11-22(21)24-17-8-6-9-20(13-17)29-30(25,26)27-3/h4-14,16,24H,15H2,1-3H3,(H,25,26). The smallest absolute Gasteiger partial charge is 0.487 e. The van der Waals surface area contributed by atoms with Crippen molar-refractivity contribution in [2.45, 2.75) is 26.4 Å². The molecule has 1 heterocycles. The lowest BCUT2D eigenvalue weighted by atomic mass is 10.0. The highest BCUT2D eigenvalue weighted by Gasteiger charge is 2.20. The van der Waals surface area contributed by atoms with Gasteiger partial charge in [0, 0.05) is 30.7 Å². The first-order chi connectivity index (χ1) is 14.4. The molecule has 2 aromatic carbocycles. The van der Waals surface area contributed by atoms with E-state index in [2.05, 4.69) is 28.7 Å². The molecule has 3 rings (SSSR count). The van der Waals surface area contributed by atoms with Crippen molar-refractivity contribution in [1.29, 1.82) is 0 Å². The van der Waals surface area contributed by atoms with E-state index in [0.717, 1.165) is 29.8 Å². The Bertz CT molecular complexity index is 1030. The lowest BCUT2D eigenvalue weighted by molar-refractivity contribution is 0.243. The zero-order valence-electron chi connectivity index (χ0n) is 17.1. The Morgan fingerprint density at radius 2 is 1.90 bits per heavy atom. The minimum absolute atomic E-state index is 0.231. The van der Waals surface area contributed by atoms with Gasteiger partial charge in [-0.2, -0.15) is 0 Å². The Labute approximate surface area is 176 Å². The Morgan fingerprint density at radius 3 is 2.60 bits per heavy atom. The van der Waals surface area contributed by atoms with Gasteiger partial charge >= 0.3 is 7.82 Å². The second kappa shape index (κ2) is 9.76. The average molecular weight is 428 g/mol. The summed E-state index contributed by atoms with van der Waals surface area (Å²) in [6, 6.07) is 18.4. The zero-order chi connectivity index (χ0) is 21.6. The minimum Gasteiger partial charge on any atom is -0.487 e. The molecule has 0 spiro atoms.